The zero-order chi connectivity index (χ0) is 4.41. The van der Waals surface area contributed by atoms with E-state index in [0.717, 1.165) is 6.04 Å². The van der Waals surface area contributed by atoms with Gasteiger partial charge < -0.3 is 5.32 Å². The Morgan fingerprint density at radius 3 is 2.50 bits per heavy atom. The molecular weight excluding hydrogens is 94.1 g/mol. The molecule has 0 atom stereocenters. The van der Waals surface area contributed by atoms with Crippen LogP contribution in [0.4, 0.5) is 0 Å². The van der Waals surface area contributed by atoms with E-state index in [4.69, 9.17) is 0 Å². The number of thiocarbonyl (C=S) groups is 1. The van der Waals surface area contributed by atoms with Gasteiger partial charge in [-0.1, -0.05) is 12.2 Å². The van der Waals surface area contributed by atoms with Crippen LogP contribution in [0.5, 0.6) is 0 Å². The smallest absolute Gasteiger partial charge is 0.0617 e. The van der Waals surface area contributed by atoms with Crippen LogP contribution < -0.4 is 5.32 Å². The Kier molecular flexibility index (Phi) is 1.05. The largest absolute Gasteiger partial charge is 0.379 e. The highest BCUT2D eigenvalue weighted by molar-refractivity contribution is 7.78. The Balaban J connectivity index is 2.00. The molecule has 0 saturated heterocycles. The molecule has 2 heteroatoms. The molecule has 1 aliphatic rings. The summed E-state index contributed by atoms with van der Waals surface area (Å²) in [6, 6.07) is 0.738. The lowest BCUT2D eigenvalue weighted by Gasteiger charge is -1.85. The van der Waals surface area contributed by atoms with Gasteiger partial charge in [0, 0.05) is 6.04 Å². The molecule has 0 aromatic rings. The fourth-order valence-electron chi connectivity index (χ4n) is 0.346. The molecule has 0 bridgehead atoms. The first-order valence-corrected chi connectivity index (χ1v) is 2.60. The second-order valence-electron chi connectivity index (χ2n) is 1.56. The summed E-state index contributed by atoms with van der Waals surface area (Å²) in [5.41, 5.74) is 1.59. The standard InChI is InChI=1S/C4H7NS/c6-3-5-4-1-2-4/h3-4H,1-2H2,(H,5,6). The van der Waals surface area contributed by atoms with E-state index in [-0.39, 0.29) is 0 Å². The van der Waals surface area contributed by atoms with Crippen molar-refractivity contribution in [2.45, 2.75) is 18.9 Å². The molecule has 1 fully saturated rings. The molecule has 1 saturated carbocycles. The number of hydrogen-bond donors (Lipinski definition) is 1. The summed E-state index contributed by atoms with van der Waals surface area (Å²) >= 11 is 4.53. The van der Waals surface area contributed by atoms with Crippen LogP contribution in [0.15, 0.2) is 0 Å². The van der Waals surface area contributed by atoms with Gasteiger partial charge in [-0.25, -0.2) is 0 Å². The van der Waals surface area contributed by atoms with Gasteiger partial charge in [-0.3, -0.25) is 0 Å². The Hall–Kier alpha value is -0.110. The highest BCUT2D eigenvalue weighted by Crippen LogP contribution is 2.17. The highest BCUT2D eigenvalue weighted by Gasteiger charge is 2.18. The van der Waals surface area contributed by atoms with Gasteiger partial charge in [-0.15, -0.1) is 0 Å². The first-order valence-electron chi connectivity index (χ1n) is 2.13. The van der Waals surface area contributed by atoms with E-state index in [1.807, 2.05) is 0 Å². The second-order valence-corrected chi connectivity index (χ2v) is 1.79. The van der Waals surface area contributed by atoms with Crippen LogP contribution in [-0.4, -0.2) is 11.5 Å². The summed E-state index contributed by atoms with van der Waals surface area (Å²) in [6.07, 6.45) is 2.63. The van der Waals surface area contributed by atoms with Crippen molar-refractivity contribution in [2.75, 3.05) is 0 Å². The predicted octanol–water partition coefficient (Wildman–Crippen LogP) is 0.696. The maximum absolute atomic E-state index is 4.53. The predicted molar refractivity (Wildman–Crippen MR) is 29.8 cm³/mol. The molecule has 0 radical (unpaired) electrons. The zero-order valence-electron chi connectivity index (χ0n) is 3.48. The zero-order valence-corrected chi connectivity index (χ0v) is 4.29. The van der Waals surface area contributed by atoms with Crippen molar-refractivity contribution in [1.82, 2.24) is 5.32 Å². The van der Waals surface area contributed by atoms with E-state index in [1.54, 1.807) is 5.49 Å². The van der Waals surface area contributed by atoms with Gasteiger partial charge in [-0.2, -0.15) is 0 Å². The summed E-state index contributed by atoms with van der Waals surface area (Å²) in [6.45, 7) is 0. The summed E-state index contributed by atoms with van der Waals surface area (Å²) < 4.78 is 0. The van der Waals surface area contributed by atoms with Crippen LogP contribution in [0, 0.1) is 0 Å². The third kappa shape index (κ3) is 0.937. The van der Waals surface area contributed by atoms with Crippen molar-refractivity contribution >= 4 is 17.7 Å². The van der Waals surface area contributed by atoms with Gasteiger partial charge in [0.1, 0.15) is 0 Å². The molecule has 0 heterocycles. The Bertz CT molecular complexity index is 58.6. The Labute approximate surface area is 42.7 Å². The maximum Gasteiger partial charge on any atom is 0.0617 e. The average Bonchev–Trinajstić information content (AvgIpc) is 2.21. The molecule has 0 aromatic carbocycles. The van der Waals surface area contributed by atoms with E-state index in [2.05, 4.69) is 17.5 Å². The highest BCUT2D eigenvalue weighted by atomic mass is 32.1. The van der Waals surface area contributed by atoms with Crippen LogP contribution in [0.3, 0.4) is 0 Å². The first-order chi connectivity index (χ1) is 2.93. The van der Waals surface area contributed by atoms with Crippen molar-refractivity contribution in [3.8, 4) is 0 Å². The quantitative estimate of drug-likeness (QED) is 0.514. The normalized spacial score (nSPS) is 20.0. The first kappa shape index (κ1) is 4.06. The molecule has 1 nitrogen and oxygen atoms in total. The molecule has 0 aromatic heterocycles. The van der Waals surface area contributed by atoms with Gasteiger partial charge >= 0.3 is 0 Å². The lowest BCUT2D eigenvalue weighted by Crippen LogP contribution is -2.10. The van der Waals surface area contributed by atoms with Gasteiger partial charge in [0.15, 0.2) is 0 Å². The van der Waals surface area contributed by atoms with E-state index in [9.17, 15) is 0 Å². The number of hydrogen-bond acceptors (Lipinski definition) is 1. The van der Waals surface area contributed by atoms with E-state index in [0.29, 0.717) is 0 Å². The molecule has 1 aliphatic carbocycles. The second kappa shape index (κ2) is 1.56. The van der Waals surface area contributed by atoms with Crippen molar-refractivity contribution in [3.05, 3.63) is 0 Å². The van der Waals surface area contributed by atoms with Gasteiger partial charge in [-0.05, 0) is 12.8 Å². The van der Waals surface area contributed by atoms with Gasteiger partial charge in [0.05, 0.1) is 5.49 Å². The monoisotopic (exact) mass is 101 g/mol. The third-order valence-electron chi connectivity index (χ3n) is 0.881. The topological polar surface area (TPSA) is 12.0 Å². The van der Waals surface area contributed by atoms with Crippen LogP contribution in [-0.2, 0) is 0 Å². The van der Waals surface area contributed by atoms with Crippen molar-refractivity contribution in [1.29, 1.82) is 0 Å². The molecule has 6 heavy (non-hydrogen) atoms. The van der Waals surface area contributed by atoms with Crippen molar-refractivity contribution in [3.63, 3.8) is 0 Å². The van der Waals surface area contributed by atoms with E-state index in [1.165, 1.54) is 12.8 Å². The third-order valence-corrected chi connectivity index (χ3v) is 1.02. The van der Waals surface area contributed by atoms with E-state index < -0.39 is 0 Å². The number of rotatable bonds is 2. The molecule has 0 spiro atoms. The van der Waals surface area contributed by atoms with Crippen LogP contribution in [0.25, 0.3) is 0 Å². The molecule has 0 aliphatic heterocycles. The van der Waals surface area contributed by atoms with Gasteiger partial charge in [0.2, 0.25) is 0 Å². The molecule has 34 valence electrons. The molecule has 0 amide bonds. The summed E-state index contributed by atoms with van der Waals surface area (Å²) in [5.74, 6) is 0. The fraction of sp³-hybridized carbons (Fsp3) is 0.750. The van der Waals surface area contributed by atoms with Crippen molar-refractivity contribution in [2.24, 2.45) is 0 Å². The van der Waals surface area contributed by atoms with Crippen LogP contribution >= 0.6 is 12.2 Å². The van der Waals surface area contributed by atoms with Crippen molar-refractivity contribution < 1.29 is 0 Å². The molecule has 1 N–H and O–H groups in total. The molecular formula is C4H7NS. The minimum absolute atomic E-state index is 0.738. The summed E-state index contributed by atoms with van der Waals surface area (Å²) in [7, 11) is 0. The Morgan fingerprint density at radius 2 is 2.33 bits per heavy atom. The van der Waals surface area contributed by atoms with Gasteiger partial charge in [0.25, 0.3) is 0 Å². The SMILES string of the molecule is S=CNC1CC1. The summed E-state index contributed by atoms with van der Waals surface area (Å²) in [5, 5.41) is 3.01. The lowest BCUT2D eigenvalue weighted by atomic mass is 10.7. The minimum atomic E-state index is 0.738. The number of nitrogens with one attached hydrogen (secondary N) is 1. The Morgan fingerprint density at radius 1 is 1.67 bits per heavy atom. The maximum atomic E-state index is 4.53. The lowest BCUT2D eigenvalue weighted by molar-refractivity contribution is 0.938. The molecule has 0 unspecified atom stereocenters. The van der Waals surface area contributed by atoms with Crippen LogP contribution in [0.2, 0.25) is 0 Å². The minimum Gasteiger partial charge on any atom is -0.379 e. The van der Waals surface area contributed by atoms with Crippen LogP contribution in [0.1, 0.15) is 12.8 Å². The fourth-order valence-corrected chi connectivity index (χ4v) is 0.539. The molecule has 1 rings (SSSR count). The average molecular weight is 101 g/mol. The van der Waals surface area contributed by atoms with E-state index >= 15 is 0 Å². The summed E-state index contributed by atoms with van der Waals surface area (Å²) in [4.78, 5) is 0.